The lowest BCUT2D eigenvalue weighted by atomic mass is 10.2. The first kappa shape index (κ1) is 21.6. The van der Waals surface area contributed by atoms with E-state index in [-0.39, 0.29) is 36.5 Å². The number of carbonyl (C=O) groups excluding carboxylic acids is 1. The molecule has 1 amide bonds. The Morgan fingerprint density at radius 1 is 1.22 bits per heavy atom. The Bertz CT molecular complexity index is 760. The molecule has 0 unspecified atom stereocenters. The number of sulfonamides is 1. The van der Waals surface area contributed by atoms with Gasteiger partial charge < -0.3 is 5.32 Å². The molecule has 1 aliphatic heterocycles. The van der Waals surface area contributed by atoms with Gasteiger partial charge >= 0.3 is 6.18 Å². The Labute approximate surface area is 157 Å². The van der Waals surface area contributed by atoms with Crippen LogP contribution in [0.2, 0.25) is 0 Å². The quantitative estimate of drug-likeness (QED) is 0.782. The molecule has 1 heterocycles. The third-order valence-electron chi connectivity index (χ3n) is 4.52. The van der Waals surface area contributed by atoms with E-state index in [1.54, 1.807) is 0 Å². The van der Waals surface area contributed by atoms with E-state index in [2.05, 4.69) is 5.32 Å². The standard InChI is InChI=1S/C17H24F3N3O3S/c1-3-13(2)21-16(24)12-22-7-9-23(10-8-22)27(25,26)15-6-4-5-14(11-15)17(18,19)20/h4-6,11,13H,3,7-10,12H2,1-2H3,(H,21,24)/t13-/m1/s1. The summed E-state index contributed by atoms with van der Waals surface area (Å²) in [7, 11) is -4.01. The number of hydrogen-bond acceptors (Lipinski definition) is 4. The fourth-order valence-electron chi connectivity index (χ4n) is 2.74. The summed E-state index contributed by atoms with van der Waals surface area (Å²) in [5.74, 6) is -0.126. The maximum Gasteiger partial charge on any atom is 0.416 e. The van der Waals surface area contributed by atoms with Crippen molar-refractivity contribution in [2.24, 2.45) is 0 Å². The van der Waals surface area contributed by atoms with Gasteiger partial charge in [-0.3, -0.25) is 9.69 Å². The van der Waals surface area contributed by atoms with E-state index < -0.39 is 21.8 Å². The second-order valence-corrected chi connectivity index (χ2v) is 8.52. The molecule has 1 fully saturated rings. The summed E-state index contributed by atoms with van der Waals surface area (Å²) in [6, 6.07) is 3.82. The number of nitrogens with zero attached hydrogens (tertiary/aromatic N) is 2. The zero-order chi connectivity index (χ0) is 20.2. The summed E-state index contributed by atoms with van der Waals surface area (Å²) in [6.45, 7) is 4.95. The Morgan fingerprint density at radius 3 is 2.41 bits per heavy atom. The molecule has 0 radical (unpaired) electrons. The highest BCUT2D eigenvalue weighted by molar-refractivity contribution is 7.89. The monoisotopic (exact) mass is 407 g/mol. The number of piperazine rings is 1. The van der Waals surface area contributed by atoms with Crippen LogP contribution >= 0.6 is 0 Å². The van der Waals surface area contributed by atoms with Crippen LogP contribution in [0.3, 0.4) is 0 Å². The summed E-state index contributed by atoms with van der Waals surface area (Å²) < 4.78 is 64.9. The molecule has 0 spiro atoms. The van der Waals surface area contributed by atoms with E-state index in [4.69, 9.17) is 0 Å². The first-order valence-electron chi connectivity index (χ1n) is 8.73. The lowest BCUT2D eigenvalue weighted by molar-refractivity contribution is -0.137. The first-order valence-corrected chi connectivity index (χ1v) is 10.2. The van der Waals surface area contributed by atoms with Crippen molar-refractivity contribution in [2.75, 3.05) is 32.7 Å². The summed E-state index contributed by atoms with van der Waals surface area (Å²) >= 11 is 0. The van der Waals surface area contributed by atoms with Gasteiger partial charge in [-0.2, -0.15) is 17.5 Å². The molecule has 1 aromatic carbocycles. The molecule has 152 valence electrons. The van der Waals surface area contributed by atoms with Crippen LogP contribution in [0.4, 0.5) is 13.2 Å². The Morgan fingerprint density at radius 2 is 1.85 bits per heavy atom. The van der Waals surface area contributed by atoms with Gasteiger partial charge in [0.2, 0.25) is 15.9 Å². The third-order valence-corrected chi connectivity index (χ3v) is 6.41. The summed E-state index contributed by atoms with van der Waals surface area (Å²) in [6.07, 6.45) is -3.79. The van der Waals surface area contributed by atoms with Crippen molar-refractivity contribution in [3.63, 3.8) is 0 Å². The minimum atomic E-state index is -4.60. The number of alkyl halides is 3. The second kappa shape index (κ2) is 8.57. The highest BCUT2D eigenvalue weighted by Gasteiger charge is 2.34. The molecular formula is C17H24F3N3O3S. The zero-order valence-corrected chi connectivity index (χ0v) is 16.1. The average molecular weight is 407 g/mol. The van der Waals surface area contributed by atoms with Gasteiger partial charge in [0.15, 0.2) is 0 Å². The van der Waals surface area contributed by atoms with Crippen LogP contribution < -0.4 is 5.32 Å². The van der Waals surface area contributed by atoms with Crippen molar-refractivity contribution >= 4 is 15.9 Å². The highest BCUT2D eigenvalue weighted by Crippen LogP contribution is 2.31. The van der Waals surface area contributed by atoms with E-state index in [0.717, 1.165) is 28.9 Å². The molecule has 1 aliphatic rings. The summed E-state index contributed by atoms with van der Waals surface area (Å²) in [4.78, 5) is 13.4. The minimum absolute atomic E-state index is 0.0695. The van der Waals surface area contributed by atoms with Gasteiger partial charge in [-0.05, 0) is 31.5 Å². The largest absolute Gasteiger partial charge is 0.416 e. The lowest BCUT2D eigenvalue weighted by Crippen LogP contribution is -2.51. The topological polar surface area (TPSA) is 69.7 Å². The lowest BCUT2D eigenvalue weighted by Gasteiger charge is -2.33. The maximum atomic E-state index is 12.8. The molecule has 0 saturated carbocycles. The van der Waals surface area contributed by atoms with E-state index >= 15 is 0 Å². The van der Waals surface area contributed by atoms with Crippen LogP contribution in [0.1, 0.15) is 25.8 Å². The zero-order valence-electron chi connectivity index (χ0n) is 15.3. The van der Waals surface area contributed by atoms with Crippen molar-refractivity contribution < 1.29 is 26.4 Å². The van der Waals surface area contributed by atoms with E-state index in [1.807, 2.05) is 18.7 Å². The van der Waals surface area contributed by atoms with E-state index in [9.17, 15) is 26.4 Å². The third kappa shape index (κ3) is 5.66. The van der Waals surface area contributed by atoms with Crippen LogP contribution in [-0.2, 0) is 21.0 Å². The van der Waals surface area contributed by atoms with Crippen LogP contribution in [0.15, 0.2) is 29.2 Å². The fourth-order valence-corrected chi connectivity index (χ4v) is 4.20. The Hall–Kier alpha value is -1.65. The highest BCUT2D eigenvalue weighted by atomic mass is 32.2. The van der Waals surface area contributed by atoms with Crippen molar-refractivity contribution in [2.45, 2.75) is 37.4 Å². The van der Waals surface area contributed by atoms with Crippen LogP contribution in [-0.4, -0.2) is 62.3 Å². The molecule has 0 bridgehead atoms. The van der Waals surface area contributed by atoms with Gasteiger partial charge in [0.1, 0.15) is 0 Å². The number of amides is 1. The number of hydrogen-bond donors (Lipinski definition) is 1. The number of halogens is 3. The molecule has 6 nitrogen and oxygen atoms in total. The number of rotatable bonds is 6. The molecule has 0 aromatic heterocycles. The first-order chi connectivity index (χ1) is 12.5. The molecular weight excluding hydrogens is 383 g/mol. The molecule has 0 aliphatic carbocycles. The fraction of sp³-hybridized carbons (Fsp3) is 0.588. The van der Waals surface area contributed by atoms with Crippen LogP contribution in [0.5, 0.6) is 0 Å². The predicted molar refractivity (Wildman–Crippen MR) is 94.5 cm³/mol. The van der Waals surface area contributed by atoms with Gasteiger partial charge in [0, 0.05) is 32.2 Å². The molecule has 10 heteroatoms. The van der Waals surface area contributed by atoms with Crippen molar-refractivity contribution in [1.29, 1.82) is 0 Å². The SMILES string of the molecule is CC[C@@H](C)NC(=O)CN1CCN(S(=O)(=O)c2cccc(C(F)(F)F)c2)CC1. The Kier molecular flexibility index (Phi) is 6.87. The molecule has 1 atom stereocenters. The minimum Gasteiger partial charge on any atom is -0.353 e. The number of benzene rings is 1. The van der Waals surface area contributed by atoms with Crippen LogP contribution in [0.25, 0.3) is 0 Å². The Balaban J connectivity index is 2.00. The van der Waals surface area contributed by atoms with E-state index in [0.29, 0.717) is 19.2 Å². The predicted octanol–water partition coefficient (Wildman–Crippen LogP) is 1.93. The average Bonchev–Trinajstić information content (AvgIpc) is 2.61. The van der Waals surface area contributed by atoms with E-state index in [1.165, 1.54) is 0 Å². The number of nitrogens with one attached hydrogen (secondary N) is 1. The van der Waals surface area contributed by atoms with Crippen LogP contribution in [0, 0.1) is 0 Å². The smallest absolute Gasteiger partial charge is 0.353 e. The molecule has 1 saturated heterocycles. The molecule has 1 aromatic rings. The van der Waals surface area contributed by atoms with Crippen molar-refractivity contribution in [1.82, 2.24) is 14.5 Å². The maximum absolute atomic E-state index is 12.8. The summed E-state index contributed by atoms with van der Waals surface area (Å²) in [5.41, 5.74) is -0.996. The molecule has 2 rings (SSSR count). The molecule has 27 heavy (non-hydrogen) atoms. The second-order valence-electron chi connectivity index (χ2n) is 6.58. The van der Waals surface area contributed by atoms with Gasteiger partial charge in [0.25, 0.3) is 0 Å². The normalized spacial score (nSPS) is 18.3. The number of carbonyl (C=O) groups is 1. The van der Waals surface area contributed by atoms with Crippen molar-refractivity contribution in [3.8, 4) is 0 Å². The van der Waals surface area contributed by atoms with Gasteiger partial charge in [-0.15, -0.1) is 0 Å². The van der Waals surface area contributed by atoms with Gasteiger partial charge in [-0.1, -0.05) is 13.0 Å². The van der Waals surface area contributed by atoms with Gasteiger partial charge in [0.05, 0.1) is 17.0 Å². The van der Waals surface area contributed by atoms with Crippen molar-refractivity contribution in [3.05, 3.63) is 29.8 Å². The van der Waals surface area contributed by atoms with Gasteiger partial charge in [-0.25, -0.2) is 8.42 Å². The molecule has 1 N–H and O–H groups in total. The summed E-state index contributed by atoms with van der Waals surface area (Å²) in [5, 5.41) is 2.85.